The van der Waals surface area contributed by atoms with Gasteiger partial charge in [0.15, 0.2) is 0 Å². The molecule has 5 nitrogen and oxygen atoms in total. The van der Waals surface area contributed by atoms with Crippen LogP contribution in [-0.4, -0.2) is 30.0 Å². The van der Waals surface area contributed by atoms with Gasteiger partial charge in [0.05, 0.1) is 12.5 Å². The minimum Gasteiger partial charge on any atom is -0.472 e. The maximum Gasteiger partial charge on any atom is 0.407 e. The molecule has 1 atom stereocenters. The van der Waals surface area contributed by atoms with Crippen molar-refractivity contribution < 1.29 is 19.1 Å². The zero-order valence-electron chi connectivity index (χ0n) is 11.1. The zero-order chi connectivity index (χ0) is 13.6. The van der Waals surface area contributed by atoms with Crippen LogP contribution in [0.5, 0.6) is 0 Å². The summed E-state index contributed by atoms with van der Waals surface area (Å²) in [4.78, 5) is 11.4. The van der Waals surface area contributed by atoms with Gasteiger partial charge in [0, 0.05) is 19.1 Å². The van der Waals surface area contributed by atoms with Crippen LogP contribution in [0.1, 0.15) is 26.3 Å². The fraction of sp³-hybridized carbons (Fsp3) is 0.615. The SMILES string of the molecule is CC(C)(C)OC(=O)NCC(CO)Cc1ccoc1. The molecule has 1 rings (SSSR count). The number of amides is 1. The molecule has 1 amide bonds. The molecule has 1 aromatic rings. The lowest BCUT2D eigenvalue weighted by Gasteiger charge is -2.21. The zero-order valence-corrected chi connectivity index (χ0v) is 11.1. The van der Waals surface area contributed by atoms with Gasteiger partial charge in [0.1, 0.15) is 5.60 Å². The van der Waals surface area contributed by atoms with Gasteiger partial charge in [-0.3, -0.25) is 0 Å². The van der Waals surface area contributed by atoms with Gasteiger partial charge in [0.25, 0.3) is 0 Å². The number of furan rings is 1. The lowest BCUT2D eigenvalue weighted by atomic mass is 10.0. The van der Waals surface area contributed by atoms with Crippen LogP contribution in [0.2, 0.25) is 0 Å². The first-order valence-electron chi connectivity index (χ1n) is 5.99. The summed E-state index contributed by atoms with van der Waals surface area (Å²) in [5.41, 5.74) is 0.489. The third-order valence-electron chi connectivity index (χ3n) is 2.30. The van der Waals surface area contributed by atoms with Crippen LogP contribution in [0.3, 0.4) is 0 Å². The van der Waals surface area contributed by atoms with E-state index in [-0.39, 0.29) is 12.5 Å². The first-order chi connectivity index (χ1) is 8.40. The summed E-state index contributed by atoms with van der Waals surface area (Å²) in [6.07, 6.45) is 3.41. The molecule has 0 fully saturated rings. The summed E-state index contributed by atoms with van der Waals surface area (Å²) in [6.45, 7) is 5.79. The Hall–Kier alpha value is -1.49. The standard InChI is InChI=1S/C13H21NO4/c1-13(2,3)18-12(16)14-7-11(8-15)6-10-4-5-17-9-10/h4-5,9,11,15H,6-8H2,1-3H3,(H,14,16). The Morgan fingerprint density at radius 2 is 2.28 bits per heavy atom. The van der Waals surface area contributed by atoms with Crippen molar-refractivity contribution in [1.82, 2.24) is 5.32 Å². The smallest absolute Gasteiger partial charge is 0.407 e. The number of nitrogens with one attached hydrogen (secondary N) is 1. The van der Waals surface area contributed by atoms with E-state index >= 15 is 0 Å². The van der Waals surface area contributed by atoms with Crippen molar-refractivity contribution in [3.8, 4) is 0 Å². The number of hydrogen-bond acceptors (Lipinski definition) is 4. The lowest BCUT2D eigenvalue weighted by Crippen LogP contribution is -2.36. The maximum absolute atomic E-state index is 11.4. The number of hydrogen-bond donors (Lipinski definition) is 2. The van der Waals surface area contributed by atoms with E-state index in [9.17, 15) is 9.90 Å². The highest BCUT2D eigenvalue weighted by Gasteiger charge is 2.17. The lowest BCUT2D eigenvalue weighted by molar-refractivity contribution is 0.0512. The van der Waals surface area contributed by atoms with E-state index < -0.39 is 11.7 Å². The molecule has 0 spiro atoms. The van der Waals surface area contributed by atoms with Gasteiger partial charge in [-0.1, -0.05) is 0 Å². The van der Waals surface area contributed by atoms with Crippen molar-refractivity contribution in [2.75, 3.05) is 13.2 Å². The Bertz CT molecular complexity index is 354. The number of carbonyl (C=O) groups excluding carboxylic acids is 1. The van der Waals surface area contributed by atoms with Crippen LogP contribution < -0.4 is 5.32 Å². The molecule has 1 unspecified atom stereocenters. The second-order valence-electron chi connectivity index (χ2n) is 5.27. The van der Waals surface area contributed by atoms with Crippen molar-refractivity contribution in [3.63, 3.8) is 0 Å². The number of carbonyl (C=O) groups is 1. The first kappa shape index (κ1) is 14.6. The summed E-state index contributed by atoms with van der Waals surface area (Å²) >= 11 is 0. The molecule has 2 N–H and O–H groups in total. The second-order valence-corrected chi connectivity index (χ2v) is 5.27. The quantitative estimate of drug-likeness (QED) is 0.843. The monoisotopic (exact) mass is 255 g/mol. The number of rotatable bonds is 5. The van der Waals surface area contributed by atoms with Crippen LogP contribution in [0, 0.1) is 5.92 Å². The highest BCUT2D eigenvalue weighted by molar-refractivity contribution is 5.67. The van der Waals surface area contributed by atoms with Crippen molar-refractivity contribution in [3.05, 3.63) is 24.2 Å². The fourth-order valence-electron chi connectivity index (χ4n) is 1.49. The molecular weight excluding hydrogens is 234 g/mol. The predicted octanol–water partition coefficient (Wildman–Crippen LogP) is 1.96. The second kappa shape index (κ2) is 6.44. The molecule has 0 bridgehead atoms. The van der Waals surface area contributed by atoms with Crippen LogP contribution in [0.15, 0.2) is 23.0 Å². The highest BCUT2D eigenvalue weighted by Crippen LogP contribution is 2.09. The first-order valence-corrected chi connectivity index (χ1v) is 5.99. The normalized spacial score (nSPS) is 13.1. The number of aliphatic hydroxyl groups excluding tert-OH is 1. The van der Waals surface area contributed by atoms with E-state index in [1.807, 2.05) is 26.8 Å². The van der Waals surface area contributed by atoms with E-state index in [0.717, 1.165) is 5.56 Å². The molecule has 0 saturated carbocycles. The molecule has 5 heteroatoms. The minimum absolute atomic E-state index is 0.000970. The minimum atomic E-state index is -0.511. The molecule has 0 aliphatic rings. The van der Waals surface area contributed by atoms with Crippen molar-refractivity contribution in [2.45, 2.75) is 32.8 Å². The molecule has 0 radical (unpaired) electrons. The molecular formula is C13H21NO4. The average molecular weight is 255 g/mol. The van der Waals surface area contributed by atoms with Crippen molar-refractivity contribution in [2.24, 2.45) is 5.92 Å². The molecule has 18 heavy (non-hydrogen) atoms. The van der Waals surface area contributed by atoms with Gasteiger partial charge in [-0.25, -0.2) is 4.79 Å². The van der Waals surface area contributed by atoms with E-state index in [0.29, 0.717) is 13.0 Å². The van der Waals surface area contributed by atoms with Crippen LogP contribution in [0.25, 0.3) is 0 Å². The highest BCUT2D eigenvalue weighted by atomic mass is 16.6. The third-order valence-corrected chi connectivity index (χ3v) is 2.30. The van der Waals surface area contributed by atoms with Gasteiger partial charge in [-0.2, -0.15) is 0 Å². The summed E-state index contributed by atoms with van der Waals surface area (Å²) in [5, 5.41) is 11.9. The Morgan fingerprint density at radius 3 is 2.78 bits per heavy atom. The largest absolute Gasteiger partial charge is 0.472 e. The van der Waals surface area contributed by atoms with E-state index in [4.69, 9.17) is 9.15 Å². The molecule has 1 aromatic heterocycles. The Balaban J connectivity index is 2.33. The van der Waals surface area contributed by atoms with E-state index in [1.54, 1.807) is 12.5 Å². The average Bonchev–Trinajstić information content (AvgIpc) is 2.74. The van der Waals surface area contributed by atoms with Crippen LogP contribution in [0.4, 0.5) is 4.79 Å². The molecule has 102 valence electrons. The molecule has 0 aliphatic carbocycles. The summed E-state index contributed by atoms with van der Waals surface area (Å²) in [7, 11) is 0. The van der Waals surface area contributed by atoms with Gasteiger partial charge >= 0.3 is 6.09 Å². The van der Waals surface area contributed by atoms with E-state index in [2.05, 4.69) is 5.32 Å². The fourth-order valence-corrected chi connectivity index (χ4v) is 1.49. The molecule has 0 saturated heterocycles. The summed E-state index contributed by atoms with van der Waals surface area (Å²) in [6, 6.07) is 1.84. The summed E-state index contributed by atoms with van der Waals surface area (Å²) in [5.74, 6) is -0.0462. The van der Waals surface area contributed by atoms with Crippen molar-refractivity contribution in [1.29, 1.82) is 0 Å². The molecule has 0 aliphatic heterocycles. The van der Waals surface area contributed by atoms with Crippen LogP contribution >= 0.6 is 0 Å². The van der Waals surface area contributed by atoms with Gasteiger partial charge in [0.2, 0.25) is 0 Å². The van der Waals surface area contributed by atoms with Gasteiger partial charge in [-0.05, 0) is 38.8 Å². The Kier molecular flexibility index (Phi) is 5.22. The van der Waals surface area contributed by atoms with Crippen molar-refractivity contribution >= 4 is 6.09 Å². The molecule has 0 aromatic carbocycles. The topological polar surface area (TPSA) is 71.7 Å². The van der Waals surface area contributed by atoms with Crippen LogP contribution in [-0.2, 0) is 11.2 Å². The molecule has 1 heterocycles. The third kappa shape index (κ3) is 5.72. The van der Waals surface area contributed by atoms with Gasteiger partial charge in [-0.15, -0.1) is 0 Å². The van der Waals surface area contributed by atoms with Gasteiger partial charge < -0.3 is 19.6 Å². The summed E-state index contributed by atoms with van der Waals surface area (Å²) < 4.78 is 10.1. The van der Waals surface area contributed by atoms with E-state index in [1.165, 1.54) is 0 Å². The predicted molar refractivity (Wildman–Crippen MR) is 67.2 cm³/mol. The number of aliphatic hydroxyl groups is 1. The number of ether oxygens (including phenoxy) is 1. The Morgan fingerprint density at radius 1 is 1.56 bits per heavy atom. The Labute approximate surface area is 107 Å². The maximum atomic E-state index is 11.4. The number of alkyl carbamates (subject to hydrolysis) is 1.